The van der Waals surface area contributed by atoms with Crippen molar-refractivity contribution in [3.63, 3.8) is 0 Å². The van der Waals surface area contributed by atoms with Crippen molar-refractivity contribution < 1.29 is 18.8 Å². The fourth-order valence-electron chi connectivity index (χ4n) is 5.28. The number of amides is 4. The van der Waals surface area contributed by atoms with Crippen molar-refractivity contribution in [2.24, 2.45) is 5.92 Å². The maximum atomic E-state index is 13.7. The first-order chi connectivity index (χ1) is 18.1. The summed E-state index contributed by atoms with van der Waals surface area (Å²) in [5.41, 5.74) is 1.62. The van der Waals surface area contributed by atoms with Gasteiger partial charge >= 0.3 is 6.03 Å². The van der Waals surface area contributed by atoms with Crippen LogP contribution in [0, 0.1) is 11.7 Å². The predicted molar refractivity (Wildman–Crippen MR) is 144 cm³/mol. The van der Waals surface area contributed by atoms with Gasteiger partial charge in [0.05, 0.1) is 18.5 Å². The van der Waals surface area contributed by atoms with Gasteiger partial charge in [0.25, 0.3) is 0 Å². The van der Waals surface area contributed by atoms with E-state index in [1.807, 2.05) is 19.9 Å². The average Bonchev–Trinajstić information content (AvgIpc) is 2.87. The molecule has 2 saturated heterocycles. The number of hydrazine groups is 1. The SMILES string of the molecule is CCCC[C@H]1C(=O)N(CC2=CC(C)C(Cl)C(Cl)=C2)C[C@H]2N1C(=O)CN(C)N2C(=O)NCc1ccc(F)cc1. The standard InChI is InChI=1S/C27H34Cl2FN5O3/c1-4-5-6-22-26(37)33(14-19-11-17(2)25(29)21(28)12-19)15-23-34(22)24(36)16-32(3)35(23)27(38)31-13-18-7-9-20(30)10-8-18/h7-12,17,22-23,25H,4-6,13-16H2,1-3H3,(H,31,38)/t17?,22-,23-,25?/m0/s1. The number of halogens is 3. The predicted octanol–water partition coefficient (Wildman–Crippen LogP) is 4.06. The summed E-state index contributed by atoms with van der Waals surface area (Å²) < 4.78 is 13.3. The van der Waals surface area contributed by atoms with E-state index in [0.717, 1.165) is 24.0 Å². The summed E-state index contributed by atoms with van der Waals surface area (Å²) >= 11 is 12.7. The summed E-state index contributed by atoms with van der Waals surface area (Å²) in [6, 6.07) is 4.83. The Balaban J connectivity index is 1.59. The molecule has 3 aliphatic rings. The first-order valence-electron chi connectivity index (χ1n) is 12.9. The molecular formula is C27H34Cl2FN5O3. The van der Waals surface area contributed by atoms with Gasteiger partial charge in [-0.3, -0.25) is 9.59 Å². The Morgan fingerprint density at radius 1 is 1.21 bits per heavy atom. The Hall–Kier alpha value is -2.62. The molecule has 0 spiro atoms. The number of fused-ring (bicyclic) bond motifs is 1. The lowest BCUT2D eigenvalue weighted by Crippen LogP contribution is -2.76. The first kappa shape index (κ1) is 28.4. The topological polar surface area (TPSA) is 76.2 Å². The van der Waals surface area contributed by atoms with Crippen LogP contribution in [0.2, 0.25) is 0 Å². The van der Waals surface area contributed by atoms with E-state index < -0.39 is 18.2 Å². The molecule has 4 rings (SSSR count). The van der Waals surface area contributed by atoms with E-state index in [0.29, 0.717) is 18.0 Å². The van der Waals surface area contributed by atoms with Gasteiger partial charge in [0.2, 0.25) is 11.8 Å². The lowest BCUT2D eigenvalue weighted by molar-refractivity contribution is -0.187. The summed E-state index contributed by atoms with van der Waals surface area (Å²) in [6.45, 7) is 4.64. The second kappa shape index (κ2) is 12.1. The van der Waals surface area contributed by atoms with Gasteiger partial charge in [-0.05, 0) is 41.7 Å². The molecule has 0 saturated carbocycles. The number of carbonyl (C=O) groups is 3. The third-order valence-electron chi connectivity index (χ3n) is 7.23. The molecule has 1 aliphatic carbocycles. The highest BCUT2D eigenvalue weighted by Gasteiger charge is 2.50. The number of piperazine rings is 1. The van der Waals surface area contributed by atoms with E-state index in [1.54, 1.807) is 40.1 Å². The van der Waals surface area contributed by atoms with Gasteiger partial charge < -0.3 is 15.1 Å². The van der Waals surface area contributed by atoms with Crippen molar-refractivity contribution in [3.8, 4) is 0 Å². The molecule has 4 amide bonds. The fourth-order valence-corrected chi connectivity index (χ4v) is 5.75. The summed E-state index contributed by atoms with van der Waals surface area (Å²) in [6.07, 6.45) is 5.29. The minimum Gasteiger partial charge on any atom is -0.333 e. The number of rotatable bonds is 7. The molecule has 0 aromatic heterocycles. The van der Waals surface area contributed by atoms with Crippen molar-refractivity contribution in [2.45, 2.75) is 57.2 Å². The Bertz CT molecular complexity index is 1130. The Morgan fingerprint density at radius 3 is 2.58 bits per heavy atom. The van der Waals surface area contributed by atoms with Crippen LogP contribution in [-0.4, -0.2) is 81.9 Å². The maximum absolute atomic E-state index is 13.7. The monoisotopic (exact) mass is 565 g/mol. The molecule has 206 valence electrons. The number of hydrogen-bond donors (Lipinski definition) is 1. The van der Waals surface area contributed by atoms with Crippen LogP contribution in [0.4, 0.5) is 9.18 Å². The van der Waals surface area contributed by atoms with E-state index in [-0.39, 0.29) is 48.6 Å². The normalized spacial score (nSPS) is 26.2. The molecule has 2 heterocycles. The number of benzene rings is 1. The maximum Gasteiger partial charge on any atom is 0.334 e. The summed E-state index contributed by atoms with van der Waals surface area (Å²) in [5.74, 6) is -0.666. The zero-order valence-corrected chi connectivity index (χ0v) is 23.4. The van der Waals surface area contributed by atoms with Crippen LogP contribution in [0.5, 0.6) is 0 Å². The summed E-state index contributed by atoms with van der Waals surface area (Å²) in [5, 5.41) is 6.20. The zero-order chi connectivity index (χ0) is 27.6. The van der Waals surface area contributed by atoms with Crippen LogP contribution in [0.1, 0.15) is 38.7 Å². The van der Waals surface area contributed by atoms with Gasteiger partial charge in [-0.2, -0.15) is 0 Å². The minimum absolute atomic E-state index is 0.00701. The number of allylic oxidation sites excluding steroid dienone is 2. The second-order valence-corrected chi connectivity index (χ2v) is 11.0. The largest absolute Gasteiger partial charge is 0.334 e. The molecule has 0 bridgehead atoms. The van der Waals surface area contributed by atoms with Crippen LogP contribution in [0.25, 0.3) is 0 Å². The number of hydrogen-bond acceptors (Lipinski definition) is 4. The Morgan fingerprint density at radius 2 is 1.92 bits per heavy atom. The highest BCUT2D eigenvalue weighted by molar-refractivity contribution is 6.37. The third-order valence-corrected chi connectivity index (χ3v) is 8.32. The average molecular weight is 567 g/mol. The van der Waals surface area contributed by atoms with Gasteiger partial charge in [-0.25, -0.2) is 19.2 Å². The summed E-state index contributed by atoms with van der Waals surface area (Å²) in [7, 11) is 1.68. The lowest BCUT2D eigenvalue weighted by Gasteiger charge is -2.54. The Labute approximate surface area is 233 Å². The molecule has 1 N–H and O–H groups in total. The van der Waals surface area contributed by atoms with Crippen molar-refractivity contribution in [3.05, 3.63) is 58.4 Å². The van der Waals surface area contributed by atoms with Gasteiger partial charge in [0, 0.05) is 25.2 Å². The van der Waals surface area contributed by atoms with Crippen molar-refractivity contribution in [1.29, 1.82) is 0 Å². The molecular weight excluding hydrogens is 532 g/mol. The number of nitrogens with zero attached hydrogens (tertiary/aromatic N) is 4. The number of likely N-dealkylation sites (N-methyl/N-ethyl adjacent to an activating group) is 1. The number of urea groups is 1. The highest BCUT2D eigenvalue weighted by Crippen LogP contribution is 2.32. The smallest absolute Gasteiger partial charge is 0.333 e. The molecule has 2 unspecified atom stereocenters. The minimum atomic E-state index is -0.670. The number of carbonyl (C=O) groups excluding carboxylic acids is 3. The molecule has 1 aromatic carbocycles. The van der Waals surface area contributed by atoms with E-state index >= 15 is 0 Å². The zero-order valence-electron chi connectivity index (χ0n) is 21.9. The molecule has 11 heteroatoms. The third kappa shape index (κ3) is 6.00. The molecule has 38 heavy (non-hydrogen) atoms. The van der Waals surface area contributed by atoms with E-state index in [9.17, 15) is 18.8 Å². The number of nitrogens with one attached hydrogen (secondary N) is 1. The quantitative estimate of drug-likeness (QED) is 0.506. The molecule has 1 aromatic rings. The van der Waals surface area contributed by atoms with Gasteiger partial charge in [-0.1, -0.05) is 56.5 Å². The van der Waals surface area contributed by atoms with Crippen LogP contribution >= 0.6 is 23.2 Å². The first-order valence-corrected chi connectivity index (χ1v) is 13.8. The summed E-state index contributed by atoms with van der Waals surface area (Å²) in [4.78, 5) is 43.6. The van der Waals surface area contributed by atoms with Crippen LogP contribution in [0.15, 0.2) is 47.0 Å². The molecule has 4 atom stereocenters. The van der Waals surface area contributed by atoms with Crippen molar-refractivity contribution in [2.75, 3.05) is 26.7 Å². The molecule has 2 fully saturated rings. The highest BCUT2D eigenvalue weighted by atomic mass is 35.5. The number of alkyl halides is 1. The lowest BCUT2D eigenvalue weighted by atomic mass is 9.95. The molecule has 2 aliphatic heterocycles. The fraction of sp³-hybridized carbons (Fsp3) is 0.519. The van der Waals surface area contributed by atoms with Gasteiger partial charge in [0.1, 0.15) is 18.0 Å². The van der Waals surface area contributed by atoms with E-state index in [2.05, 4.69) is 5.32 Å². The molecule has 0 radical (unpaired) electrons. The van der Waals surface area contributed by atoms with E-state index in [1.165, 1.54) is 17.1 Å². The van der Waals surface area contributed by atoms with Crippen LogP contribution in [-0.2, 0) is 16.1 Å². The van der Waals surface area contributed by atoms with Crippen LogP contribution < -0.4 is 5.32 Å². The van der Waals surface area contributed by atoms with E-state index in [4.69, 9.17) is 23.2 Å². The van der Waals surface area contributed by atoms with Crippen molar-refractivity contribution in [1.82, 2.24) is 25.1 Å². The van der Waals surface area contributed by atoms with Gasteiger partial charge in [-0.15, -0.1) is 11.6 Å². The van der Waals surface area contributed by atoms with Crippen molar-refractivity contribution >= 4 is 41.0 Å². The number of unbranched alkanes of at least 4 members (excludes halogenated alkanes) is 1. The van der Waals surface area contributed by atoms with Crippen LogP contribution in [0.3, 0.4) is 0 Å². The Kier molecular flexibility index (Phi) is 9.00. The van der Waals surface area contributed by atoms with Gasteiger partial charge in [0.15, 0.2) is 0 Å². The molecule has 8 nitrogen and oxygen atoms in total. The second-order valence-electron chi connectivity index (χ2n) is 10.1.